The number of thiophene rings is 1. The van der Waals surface area contributed by atoms with Crippen molar-refractivity contribution in [3.05, 3.63) is 46.3 Å². The standard InChI is InChI=1S/C12H8F2O2S/c1-6-2-3-8(11(14)10(6)13)9-4-7(5-17-9)12(15)16/h2-5H,1H3,(H,15,16). The molecule has 0 atom stereocenters. The lowest BCUT2D eigenvalue weighted by atomic mass is 10.1. The Balaban J connectivity index is 2.53. The molecule has 0 spiro atoms. The first-order chi connectivity index (χ1) is 8.00. The number of carbonyl (C=O) groups is 1. The fourth-order valence-corrected chi connectivity index (χ4v) is 2.33. The number of rotatable bonds is 2. The molecule has 0 saturated heterocycles. The Labute approximate surface area is 100 Å². The van der Waals surface area contributed by atoms with Gasteiger partial charge < -0.3 is 5.11 Å². The number of carboxylic acids is 1. The van der Waals surface area contributed by atoms with Crippen molar-refractivity contribution in [2.45, 2.75) is 6.92 Å². The van der Waals surface area contributed by atoms with E-state index in [1.807, 2.05) is 0 Å². The molecule has 2 rings (SSSR count). The van der Waals surface area contributed by atoms with Gasteiger partial charge >= 0.3 is 5.97 Å². The zero-order valence-electron chi connectivity index (χ0n) is 8.83. The SMILES string of the molecule is Cc1ccc(-c2cc(C(=O)O)cs2)c(F)c1F. The van der Waals surface area contributed by atoms with Crippen LogP contribution in [0.3, 0.4) is 0 Å². The molecule has 0 aliphatic carbocycles. The molecule has 0 radical (unpaired) electrons. The van der Waals surface area contributed by atoms with Gasteiger partial charge in [0.15, 0.2) is 11.6 Å². The van der Waals surface area contributed by atoms with Gasteiger partial charge in [-0.3, -0.25) is 0 Å². The maximum Gasteiger partial charge on any atom is 0.336 e. The highest BCUT2D eigenvalue weighted by Gasteiger charge is 2.15. The van der Waals surface area contributed by atoms with E-state index < -0.39 is 17.6 Å². The molecule has 1 N–H and O–H groups in total. The van der Waals surface area contributed by atoms with E-state index in [9.17, 15) is 13.6 Å². The van der Waals surface area contributed by atoms with Crippen molar-refractivity contribution in [2.24, 2.45) is 0 Å². The van der Waals surface area contributed by atoms with Gasteiger partial charge in [-0.2, -0.15) is 0 Å². The highest BCUT2D eigenvalue weighted by atomic mass is 32.1. The Bertz CT molecular complexity index is 590. The summed E-state index contributed by atoms with van der Waals surface area (Å²) in [5.74, 6) is -2.92. The van der Waals surface area contributed by atoms with Gasteiger partial charge in [-0.15, -0.1) is 11.3 Å². The molecule has 17 heavy (non-hydrogen) atoms. The van der Waals surface area contributed by atoms with Crippen molar-refractivity contribution >= 4 is 17.3 Å². The van der Waals surface area contributed by atoms with E-state index in [4.69, 9.17) is 5.11 Å². The van der Waals surface area contributed by atoms with Crippen LogP contribution in [-0.4, -0.2) is 11.1 Å². The molecule has 0 bridgehead atoms. The second-order valence-electron chi connectivity index (χ2n) is 3.56. The molecule has 0 aliphatic rings. The second-order valence-corrected chi connectivity index (χ2v) is 4.47. The Morgan fingerprint density at radius 1 is 1.29 bits per heavy atom. The van der Waals surface area contributed by atoms with Gasteiger partial charge in [0.2, 0.25) is 0 Å². The first-order valence-electron chi connectivity index (χ1n) is 4.77. The van der Waals surface area contributed by atoms with E-state index in [0.29, 0.717) is 4.88 Å². The molecule has 1 aromatic heterocycles. The molecule has 0 unspecified atom stereocenters. The maximum atomic E-state index is 13.6. The van der Waals surface area contributed by atoms with E-state index >= 15 is 0 Å². The van der Waals surface area contributed by atoms with E-state index in [1.54, 1.807) is 0 Å². The lowest BCUT2D eigenvalue weighted by molar-refractivity contribution is 0.0697. The van der Waals surface area contributed by atoms with Crippen LogP contribution >= 0.6 is 11.3 Å². The Hall–Kier alpha value is -1.75. The van der Waals surface area contributed by atoms with Crippen molar-refractivity contribution in [2.75, 3.05) is 0 Å². The third-order valence-electron chi connectivity index (χ3n) is 2.39. The van der Waals surface area contributed by atoms with Gasteiger partial charge in [0, 0.05) is 15.8 Å². The number of hydrogen-bond acceptors (Lipinski definition) is 2. The van der Waals surface area contributed by atoms with Crippen molar-refractivity contribution in [1.82, 2.24) is 0 Å². The number of hydrogen-bond donors (Lipinski definition) is 1. The molecule has 88 valence electrons. The monoisotopic (exact) mass is 254 g/mol. The summed E-state index contributed by atoms with van der Waals surface area (Å²) in [6, 6.07) is 4.25. The molecule has 5 heteroatoms. The quantitative estimate of drug-likeness (QED) is 0.887. The molecule has 0 saturated carbocycles. The van der Waals surface area contributed by atoms with Crippen LogP contribution in [0.25, 0.3) is 10.4 Å². The number of carboxylic acid groups (broad SMARTS) is 1. The molecule has 2 aromatic rings. The Kier molecular flexibility index (Phi) is 2.93. The lowest BCUT2D eigenvalue weighted by Gasteiger charge is -2.03. The van der Waals surface area contributed by atoms with Crippen molar-refractivity contribution in [1.29, 1.82) is 0 Å². The van der Waals surface area contributed by atoms with Crippen molar-refractivity contribution in [3.63, 3.8) is 0 Å². The summed E-state index contributed by atoms with van der Waals surface area (Å²) < 4.78 is 27.0. The summed E-state index contributed by atoms with van der Waals surface area (Å²) in [7, 11) is 0. The summed E-state index contributed by atoms with van der Waals surface area (Å²) in [6.45, 7) is 1.47. The first-order valence-corrected chi connectivity index (χ1v) is 5.65. The van der Waals surface area contributed by atoms with Crippen LogP contribution in [0, 0.1) is 18.6 Å². The fraction of sp³-hybridized carbons (Fsp3) is 0.0833. The molecule has 0 fully saturated rings. The average Bonchev–Trinajstić information content (AvgIpc) is 2.75. The van der Waals surface area contributed by atoms with Crippen LogP contribution in [0.1, 0.15) is 15.9 Å². The molecule has 2 nitrogen and oxygen atoms in total. The van der Waals surface area contributed by atoms with Gasteiger partial charge in [0.25, 0.3) is 0 Å². The molecule has 1 heterocycles. The maximum absolute atomic E-state index is 13.6. The average molecular weight is 254 g/mol. The van der Waals surface area contributed by atoms with Crippen LogP contribution in [0.2, 0.25) is 0 Å². The zero-order chi connectivity index (χ0) is 12.6. The number of aryl methyl sites for hydroxylation is 1. The first kappa shape index (κ1) is 11.7. The molecule has 0 aliphatic heterocycles. The van der Waals surface area contributed by atoms with Crippen LogP contribution < -0.4 is 0 Å². The van der Waals surface area contributed by atoms with Gasteiger partial charge in [0.1, 0.15) is 0 Å². The summed E-state index contributed by atoms with van der Waals surface area (Å²) in [4.78, 5) is 11.1. The Morgan fingerprint density at radius 2 is 2.00 bits per heavy atom. The molecular weight excluding hydrogens is 246 g/mol. The molecule has 1 aromatic carbocycles. The van der Waals surface area contributed by atoms with E-state index in [-0.39, 0.29) is 16.7 Å². The summed E-state index contributed by atoms with van der Waals surface area (Å²) >= 11 is 1.07. The zero-order valence-corrected chi connectivity index (χ0v) is 9.65. The molecule has 0 amide bonds. The van der Waals surface area contributed by atoms with Crippen LogP contribution in [0.15, 0.2) is 23.6 Å². The predicted molar refractivity (Wildman–Crippen MR) is 61.4 cm³/mol. The summed E-state index contributed by atoms with van der Waals surface area (Å²) in [5, 5.41) is 10.1. The second kappa shape index (κ2) is 4.25. The van der Waals surface area contributed by atoms with E-state index in [0.717, 1.165) is 11.3 Å². The Morgan fingerprint density at radius 3 is 2.59 bits per heavy atom. The minimum atomic E-state index is -1.08. The predicted octanol–water partition coefficient (Wildman–Crippen LogP) is 3.70. The van der Waals surface area contributed by atoms with Crippen LogP contribution in [0.5, 0.6) is 0 Å². The minimum Gasteiger partial charge on any atom is -0.478 e. The summed E-state index contributed by atoms with van der Waals surface area (Å²) in [5.41, 5.74) is 0.386. The highest BCUT2D eigenvalue weighted by molar-refractivity contribution is 7.13. The fourth-order valence-electron chi connectivity index (χ4n) is 1.43. The minimum absolute atomic E-state index is 0.0744. The van der Waals surface area contributed by atoms with Crippen molar-refractivity contribution < 1.29 is 18.7 Å². The van der Waals surface area contributed by atoms with E-state index in [2.05, 4.69) is 0 Å². The van der Waals surface area contributed by atoms with Crippen molar-refractivity contribution in [3.8, 4) is 10.4 Å². The molecular formula is C12H8F2O2S. The summed E-state index contributed by atoms with van der Waals surface area (Å²) in [6.07, 6.45) is 0. The topological polar surface area (TPSA) is 37.3 Å². The largest absolute Gasteiger partial charge is 0.478 e. The van der Waals surface area contributed by atoms with Gasteiger partial charge in [-0.25, -0.2) is 13.6 Å². The number of aromatic carboxylic acids is 1. The smallest absolute Gasteiger partial charge is 0.336 e. The van der Waals surface area contributed by atoms with Gasteiger partial charge in [-0.05, 0) is 18.6 Å². The van der Waals surface area contributed by atoms with E-state index in [1.165, 1.54) is 30.5 Å². The third-order valence-corrected chi connectivity index (χ3v) is 3.35. The number of benzene rings is 1. The van der Waals surface area contributed by atoms with Gasteiger partial charge in [-0.1, -0.05) is 12.1 Å². The van der Waals surface area contributed by atoms with Crippen LogP contribution in [-0.2, 0) is 0 Å². The highest BCUT2D eigenvalue weighted by Crippen LogP contribution is 2.31. The van der Waals surface area contributed by atoms with Crippen LogP contribution in [0.4, 0.5) is 8.78 Å². The third kappa shape index (κ3) is 2.06. The number of halogens is 2. The van der Waals surface area contributed by atoms with Gasteiger partial charge in [0.05, 0.1) is 5.56 Å². The normalized spacial score (nSPS) is 10.5. The lowest BCUT2D eigenvalue weighted by Crippen LogP contribution is -1.93.